The van der Waals surface area contributed by atoms with Crippen molar-refractivity contribution >= 4 is 0 Å². The van der Waals surface area contributed by atoms with E-state index in [2.05, 4.69) is 20.8 Å². The summed E-state index contributed by atoms with van der Waals surface area (Å²) in [6.07, 6.45) is 2.62. The second-order valence-corrected chi connectivity index (χ2v) is 5.43. The zero-order valence-corrected chi connectivity index (χ0v) is 8.38. The van der Waals surface area contributed by atoms with E-state index in [0.29, 0.717) is 17.9 Å². The Hall–Kier alpha value is -0.0400. The van der Waals surface area contributed by atoms with Gasteiger partial charge < -0.3 is 5.11 Å². The van der Waals surface area contributed by atoms with Gasteiger partial charge in [-0.3, -0.25) is 0 Å². The maximum atomic E-state index is 9.17. The van der Waals surface area contributed by atoms with Crippen LogP contribution in [-0.4, -0.2) is 11.7 Å². The van der Waals surface area contributed by atoms with Gasteiger partial charge in [-0.15, -0.1) is 0 Å². The van der Waals surface area contributed by atoms with Gasteiger partial charge in [0.15, 0.2) is 0 Å². The van der Waals surface area contributed by atoms with Crippen molar-refractivity contribution < 1.29 is 5.11 Å². The second-order valence-electron chi connectivity index (χ2n) is 5.43. The Morgan fingerprint density at radius 2 is 1.83 bits per heavy atom. The molecule has 0 aromatic carbocycles. The molecule has 2 fully saturated rings. The van der Waals surface area contributed by atoms with E-state index in [1.54, 1.807) is 0 Å². The molecule has 0 heterocycles. The topological polar surface area (TPSA) is 20.2 Å². The summed E-state index contributed by atoms with van der Waals surface area (Å²) < 4.78 is 0. The van der Waals surface area contributed by atoms with Crippen LogP contribution in [0, 0.1) is 29.1 Å². The van der Waals surface area contributed by atoms with E-state index >= 15 is 0 Å². The van der Waals surface area contributed by atoms with E-state index in [1.165, 1.54) is 12.8 Å². The van der Waals surface area contributed by atoms with Crippen LogP contribution in [0.1, 0.15) is 33.6 Å². The summed E-state index contributed by atoms with van der Waals surface area (Å²) in [6.45, 7) is 7.47. The first kappa shape index (κ1) is 8.55. The minimum absolute atomic E-state index is 0.403. The quantitative estimate of drug-likeness (QED) is 0.637. The molecule has 2 aliphatic rings. The predicted octanol–water partition coefficient (Wildman–Crippen LogP) is 2.30. The fourth-order valence-electron chi connectivity index (χ4n) is 3.20. The first-order valence-corrected chi connectivity index (χ1v) is 5.18. The molecule has 4 atom stereocenters. The van der Waals surface area contributed by atoms with E-state index in [0.717, 1.165) is 17.8 Å². The lowest BCUT2D eigenvalue weighted by Gasteiger charge is -2.26. The monoisotopic (exact) mass is 168 g/mol. The molecule has 0 aliphatic heterocycles. The fourth-order valence-corrected chi connectivity index (χ4v) is 3.20. The Morgan fingerprint density at radius 1 is 1.25 bits per heavy atom. The van der Waals surface area contributed by atoms with Gasteiger partial charge in [0.1, 0.15) is 0 Å². The van der Waals surface area contributed by atoms with E-state index in [1.807, 2.05) is 0 Å². The summed E-state index contributed by atoms with van der Waals surface area (Å²) in [4.78, 5) is 0. The fraction of sp³-hybridized carbons (Fsp3) is 1.00. The Kier molecular flexibility index (Phi) is 1.76. The van der Waals surface area contributed by atoms with Crippen LogP contribution in [0.2, 0.25) is 0 Å². The minimum atomic E-state index is 0.403. The zero-order chi connectivity index (χ0) is 8.93. The van der Waals surface area contributed by atoms with Crippen LogP contribution in [0.15, 0.2) is 0 Å². The third-order valence-electron chi connectivity index (χ3n) is 4.51. The Bertz CT molecular complexity index is 185. The smallest absolute Gasteiger partial charge is 0.0461 e. The average Bonchev–Trinajstić information content (AvgIpc) is 2.52. The summed E-state index contributed by atoms with van der Waals surface area (Å²) in [5.41, 5.74) is 0.595. The zero-order valence-electron chi connectivity index (χ0n) is 8.38. The van der Waals surface area contributed by atoms with Crippen LogP contribution in [-0.2, 0) is 0 Å². The molecule has 0 bridgehead atoms. The van der Waals surface area contributed by atoms with Gasteiger partial charge in [-0.2, -0.15) is 0 Å². The number of hydrogen-bond acceptors (Lipinski definition) is 1. The Balaban J connectivity index is 2.03. The highest BCUT2D eigenvalue weighted by Gasteiger charge is 2.60. The molecule has 0 radical (unpaired) electrons. The third-order valence-corrected chi connectivity index (χ3v) is 4.51. The van der Waals surface area contributed by atoms with Crippen molar-refractivity contribution in [2.45, 2.75) is 33.6 Å². The van der Waals surface area contributed by atoms with Gasteiger partial charge in [0.25, 0.3) is 0 Å². The normalized spacial score (nSPS) is 50.0. The number of aliphatic hydroxyl groups is 1. The van der Waals surface area contributed by atoms with Crippen LogP contribution in [0.3, 0.4) is 0 Å². The van der Waals surface area contributed by atoms with Crippen molar-refractivity contribution in [2.24, 2.45) is 29.1 Å². The van der Waals surface area contributed by atoms with Gasteiger partial charge in [0, 0.05) is 6.61 Å². The van der Waals surface area contributed by atoms with Crippen molar-refractivity contribution in [1.29, 1.82) is 0 Å². The third kappa shape index (κ3) is 1.02. The Morgan fingerprint density at radius 3 is 2.42 bits per heavy atom. The minimum Gasteiger partial charge on any atom is -0.396 e. The van der Waals surface area contributed by atoms with E-state index in [-0.39, 0.29) is 0 Å². The van der Waals surface area contributed by atoms with Crippen LogP contribution >= 0.6 is 0 Å². The van der Waals surface area contributed by atoms with Gasteiger partial charge in [0.05, 0.1) is 0 Å². The summed E-state index contributed by atoms with van der Waals surface area (Å²) in [5.74, 6) is 3.23. The van der Waals surface area contributed by atoms with Crippen molar-refractivity contribution in [3.05, 3.63) is 0 Å². The van der Waals surface area contributed by atoms with E-state index in [4.69, 9.17) is 5.11 Å². The lowest BCUT2D eigenvalue weighted by atomic mass is 9.81. The standard InChI is InChI=1S/C11H20O/c1-7-4-9-10(11(9,2)3)5-8(7)6-12/h7-10,12H,4-6H2,1-3H3/t7-,8-,9-,10+/m0/s1. The van der Waals surface area contributed by atoms with Crippen molar-refractivity contribution in [3.63, 3.8) is 0 Å². The molecule has 70 valence electrons. The highest BCUT2D eigenvalue weighted by molar-refractivity contribution is 5.08. The molecule has 2 aliphatic carbocycles. The van der Waals surface area contributed by atoms with Gasteiger partial charge in [-0.05, 0) is 41.9 Å². The molecule has 0 aromatic heterocycles. The molecule has 1 nitrogen and oxygen atoms in total. The molecule has 1 heteroatoms. The predicted molar refractivity (Wildman–Crippen MR) is 49.7 cm³/mol. The van der Waals surface area contributed by atoms with E-state index < -0.39 is 0 Å². The van der Waals surface area contributed by atoms with Crippen molar-refractivity contribution in [1.82, 2.24) is 0 Å². The number of fused-ring (bicyclic) bond motifs is 1. The summed E-state index contributed by atoms with van der Waals surface area (Å²) >= 11 is 0. The molecular weight excluding hydrogens is 148 g/mol. The first-order valence-electron chi connectivity index (χ1n) is 5.18. The summed E-state index contributed by atoms with van der Waals surface area (Å²) in [5, 5.41) is 9.17. The van der Waals surface area contributed by atoms with Gasteiger partial charge in [-0.1, -0.05) is 20.8 Å². The van der Waals surface area contributed by atoms with E-state index in [9.17, 15) is 0 Å². The lowest BCUT2D eigenvalue weighted by Crippen LogP contribution is -2.21. The number of aliphatic hydroxyl groups excluding tert-OH is 1. The molecule has 2 saturated carbocycles. The number of rotatable bonds is 1. The van der Waals surface area contributed by atoms with Gasteiger partial charge >= 0.3 is 0 Å². The second kappa shape index (κ2) is 2.47. The number of hydrogen-bond donors (Lipinski definition) is 1. The first-order chi connectivity index (χ1) is 5.57. The maximum Gasteiger partial charge on any atom is 0.0461 e. The molecule has 1 N–H and O–H groups in total. The lowest BCUT2D eigenvalue weighted by molar-refractivity contribution is 0.139. The molecule has 0 unspecified atom stereocenters. The summed E-state index contributed by atoms with van der Waals surface area (Å²) in [6, 6.07) is 0. The largest absolute Gasteiger partial charge is 0.396 e. The highest BCUT2D eigenvalue weighted by atomic mass is 16.3. The highest BCUT2D eigenvalue weighted by Crippen LogP contribution is 2.66. The molecular formula is C11H20O. The molecule has 2 rings (SSSR count). The van der Waals surface area contributed by atoms with Crippen LogP contribution in [0.25, 0.3) is 0 Å². The molecule has 12 heavy (non-hydrogen) atoms. The SMILES string of the molecule is C[C@H]1C[C@H]2[C@@H](C[C@H]1CO)C2(C)C. The van der Waals surface area contributed by atoms with Crippen LogP contribution in [0.5, 0.6) is 0 Å². The van der Waals surface area contributed by atoms with Gasteiger partial charge in [-0.25, -0.2) is 0 Å². The average molecular weight is 168 g/mol. The summed E-state index contributed by atoms with van der Waals surface area (Å²) in [7, 11) is 0. The van der Waals surface area contributed by atoms with Crippen molar-refractivity contribution in [3.8, 4) is 0 Å². The van der Waals surface area contributed by atoms with Crippen LogP contribution < -0.4 is 0 Å². The molecule has 0 aromatic rings. The van der Waals surface area contributed by atoms with Crippen molar-refractivity contribution in [2.75, 3.05) is 6.61 Å². The molecule has 0 saturated heterocycles. The molecule has 0 amide bonds. The maximum absolute atomic E-state index is 9.17. The molecule has 0 spiro atoms. The van der Waals surface area contributed by atoms with Crippen LogP contribution in [0.4, 0.5) is 0 Å². The Labute approximate surface area is 75.2 Å². The van der Waals surface area contributed by atoms with Gasteiger partial charge in [0.2, 0.25) is 0 Å².